The van der Waals surface area contributed by atoms with Crippen LogP contribution < -0.4 is 9.64 Å². The molecule has 1 N–H and O–H groups in total. The molecule has 0 bridgehead atoms. The molecule has 0 saturated carbocycles. The minimum Gasteiger partial charge on any atom is -0.494 e. The van der Waals surface area contributed by atoms with Crippen LogP contribution in [0.5, 0.6) is 5.75 Å². The van der Waals surface area contributed by atoms with Crippen LogP contribution in [0.25, 0.3) is 0 Å². The van der Waals surface area contributed by atoms with Gasteiger partial charge in [0.05, 0.1) is 12.3 Å². The molecule has 0 saturated heterocycles. The molecule has 0 aromatic heterocycles. The van der Waals surface area contributed by atoms with Crippen LogP contribution in [0, 0.1) is 0 Å². The Labute approximate surface area is 176 Å². The molecule has 0 spiro atoms. The van der Waals surface area contributed by atoms with Gasteiger partial charge in [0.1, 0.15) is 11.4 Å². The highest BCUT2D eigenvalue weighted by atomic mass is 16.6. The van der Waals surface area contributed by atoms with E-state index in [0.717, 1.165) is 23.4 Å². The first-order valence-corrected chi connectivity index (χ1v) is 11.2. The number of amides is 1. The Bertz CT molecular complexity index is 638. The van der Waals surface area contributed by atoms with Crippen LogP contribution in [0.4, 0.5) is 10.5 Å². The second-order valence-corrected chi connectivity index (χ2v) is 8.99. The molecular formula is C24H39NO4. The third-order valence-electron chi connectivity index (χ3n) is 5.24. The zero-order valence-electron chi connectivity index (χ0n) is 18.7. The number of carbonyl (C=O) groups is 1. The van der Waals surface area contributed by atoms with Gasteiger partial charge in [-0.1, -0.05) is 51.5 Å². The van der Waals surface area contributed by atoms with Crippen molar-refractivity contribution in [2.75, 3.05) is 24.7 Å². The SMILES string of the molecule is CCCCCCCCCOc1ccc2c(c1)N(C(=O)OC(C)(C)C)CC2CCO. The maximum Gasteiger partial charge on any atom is 0.414 e. The smallest absolute Gasteiger partial charge is 0.414 e. The number of fused-ring (bicyclic) bond motifs is 1. The first-order valence-electron chi connectivity index (χ1n) is 11.2. The molecule has 5 heteroatoms. The molecule has 1 aliphatic heterocycles. The molecule has 0 radical (unpaired) electrons. The predicted molar refractivity (Wildman–Crippen MR) is 118 cm³/mol. The maximum atomic E-state index is 12.7. The number of hydrogen-bond donors (Lipinski definition) is 1. The summed E-state index contributed by atoms with van der Waals surface area (Å²) in [6.07, 6.45) is 9.04. The Kier molecular flexibility index (Phi) is 9.28. The number of nitrogens with zero attached hydrogens (tertiary/aromatic N) is 1. The van der Waals surface area contributed by atoms with Crippen LogP contribution in [0.1, 0.15) is 90.5 Å². The standard InChI is InChI=1S/C24H39NO4/c1-5-6-7-8-9-10-11-16-28-20-12-13-21-19(14-15-26)18-25(22(21)17-20)23(27)29-24(2,3)4/h12-13,17,19,26H,5-11,14-16,18H2,1-4H3. The van der Waals surface area contributed by atoms with E-state index in [4.69, 9.17) is 9.47 Å². The Balaban J connectivity index is 1.95. The molecule has 1 amide bonds. The third-order valence-corrected chi connectivity index (χ3v) is 5.24. The van der Waals surface area contributed by atoms with Gasteiger partial charge >= 0.3 is 6.09 Å². The van der Waals surface area contributed by atoms with E-state index >= 15 is 0 Å². The molecule has 164 valence electrons. The van der Waals surface area contributed by atoms with Crippen molar-refractivity contribution in [1.82, 2.24) is 0 Å². The van der Waals surface area contributed by atoms with Gasteiger partial charge in [0.15, 0.2) is 0 Å². The highest BCUT2D eigenvalue weighted by molar-refractivity contribution is 5.91. The van der Waals surface area contributed by atoms with E-state index in [1.807, 2.05) is 39.0 Å². The summed E-state index contributed by atoms with van der Waals surface area (Å²) in [5, 5.41) is 9.39. The molecule has 1 aliphatic rings. The second kappa shape index (κ2) is 11.4. The largest absolute Gasteiger partial charge is 0.494 e. The van der Waals surface area contributed by atoms with Gasteiger partial charge in [-0.2, -0.15) is 0 Å². The van der Waals surface area contributed by atoms with E-state index in [0.29, 0.717) is 19.6 Å². The lowest BCUT2D eigenvalue weighted by atomic mass is 9.98. The zero-order valence-corrected chi connectivity index (χ0v) is 18.7. The molecule has 1 aromatic carbocycles. The van der Waals surface area contributed by atoms with E-state index in [2.05, 4.69) is 6.92 Å². The fourth-order valence-corrected chi connectivity index (χ4v) is 3.75. The van der Waals surface area contributed by atoms with E-state index in [1.54, 1.807) is 4.90 Å². The predicted octanol–water partition coefficient (Wildman–Crippen LogP) is 6.04. The molecule has 29 heavy (non-hydrogen) atoms. The van der Waals surface area contributed by atoms with E-state index in [1.165, 1.54) is 38.5 Å². The molecule has 1 heterocycles. The van der Waals surface area contributed by atoms with E-state index in [9.17, 15) is 9.90 Å². The average molecular weight is 406 g/mol. The number of carbonyl (C=O) groups excluding carboxylic acids is 1. The highest BCUT2D eigenvalue weighted by Crippen LogP contribution is 2.40. The first kappa shape index (κ1) is 23.5. The summed E-state index contributed by atoms with van der Waals surface area (Å²) in [5.74, 6) is 0.910. The minimum absolute atomic E-state index is 0.1000. The molecule has 1 atom stereocenters. The number of unbranched alkanes of at least 4 members (excludes halogenated alkanes) is 6. The van der Waals surface area contributed by atoms with Crippen molar-refractivity contribution in [2.24, 2.45) is 0 Å². The number of aliphatic hydroxyl groups excluding tert-OH is 1. The van der Waals surface area contributed by atoms with Crippen molar-refractivity contribution < 1.29 is 19.4 Å². The van der Waals surface area contributed by atoms with Gasteiger partial charge < -0.3 is 14.6 Å². The van der Waals surface area contributed by atoms with Gasteiger partial charge in [-0.25, -0.2) is 4.79 Å². The summed E-state index contributed by atoms with van der Waals surface area (Å²) in [7, 11) is 0. The van der Waals surface area contributed by atoms with Gasteiger partial charge in [-0.05, 0) is 45.2 Å². The summed E-state index contributed by atoms with van der Waals surface area (Å²) in [5.41, 5.74) is 1.38. The first-order chi connectivity index (χ1) is 13.9. The number of rotatable bonds is 11. The van der Waals surface area contributed by atoms with Crippen molar-refractivity contribution in [3.05, 3.63) is 23.8 Å². The summed E-state index contributed by atoms with van der Waals surface area (Å²) in [4.78, 5) is 14.4. The zero-order chi connectivity index (χ0) is 21.3. The van der Waals surface area contributed by atoms with Crippen LogP contribution >= 0.6 is 0 Å². The maximum absolute atomic E-state index is 12.7. The monoisotopic (exact) mass is 405 g/mol. The van der Waals surface area contributed by atoms with E-state index < -0.39 is 5.60 Å². The number of benzene rings is 1. The Morgan fingerprint density at radius 3 is 2.48 bits per heavy atom. The van der Waals surface area contributed by atoms with Crippen LogP contribution in [0.2, 0.25) is 0 Å². The summed E-state index contributed by atoms with van der Waals surface area (Å²) in [6.45, 7) is 9.17. The van der Waals surface area contributed by atoms with Crippen molar-refractivity contribution in [1.29, 1.82) is 0 Å². The number of hydrogen-bond acceptors (Lipinski definition) is 4. The van der Waals surface area contributed by atoms with Gasteiger partial charge in [-0.15, -0.1) is 0 Å². The fourth-order valence-electron chi connectivity index (χ4n) is 3.75. The lowest BCUT2D eigenvalue weighted by Crippen LogP contribution is -2.36. The molecule has 2 rings (SSSR count). The van der Waals surface area contributed by atoms with Crippen molar-refractivity contribution in [3.8, 4) is 5.75 Å². The third kappa shape index (κ3) is 7.54. The molecule has 1 aromatic rings. The fraction of sp³-hybridized carbons (Fsp3) is 0.708. The molecular weight excluding hydrogens is 366 g/mol. The molecule has 0 aliphatic carbocycles. The second-order valence-electron chi connectivity index (χ2n) is 8.99. The van der Waals surface area contributed by atoms with Crippen molar-refractivity contribution >= 4 is 11.8 Å². The number of ether oxygens (including phenoxy) is 2. The molecule has 5 nitrogen and oxygen atoms in total. The summed E-state index contributed by atoms with van der Waals surface area (Å²) >= 11 is 0. The van der Waals surface area contributed by atoms with Crippen molar-refractivity contribution in [3.63, 3.8) is 0 Å². The normalized spacial score (nSPS) is 16.0. The lowest BCUT2D eigenvalue weighted by Gasteiger charge is -2.25. The van der Waals surface area contributed by atoms with Gasteiger partial charge in [0.2, 0.25) is 0 Å². The Morgan fingerprint density at radius 2 is 1.83 bits per heavy atom. The van der Waals surface area contributed by atoms with Gasteiger partial charge in [0, 0.05) is 25.1 Å². The highest BCUT2D eigenvalue weighted by Gasteiger charge is 2.34. The van der Waals surface area contributed by atoms with E-state index in [-0.39, 0.29) is 18.6 Å². The average Bonchev–Trinajstić information content (AvgIpc) is 3.01. The summed E-state index contributed by atoms with van der Waals surface area (Å²) in [6, 6.07) is 5.95. The summed E-state index contributed by atoms with van der Waals surface area (Å²) < 4.78 is 11.5. The van der Waals surface area contributed by atoms with Crippen LogP contribution in [-0.4, -0.2) is 36.6 Å². The van der Waals surface area contributed by atoms with Crippen LogP contribution in [0.15, 0.2) is 18.2 Å². The van der Waals surface area contributed by atoms with Crippen molar-refractivity contribution in [2.45, 2.75) is 90.6 Å². The molecule has 1 unspecified atom stereocenters. The quantitative estimate of drug-likeness (QED) is 0.456. The number of anilines is 1. The number of aliphatic hydroxyl groups is 1. The van der Waals surface area contributed by atoms with Crippen LogP contribution in [0.3, 0.4) is 0 Å². The van der Waals surface area contributed by atoms with Gasteiger partial charge in [-0.3, -0.25) is 4.90 Å². The van der Waals surface area contributed by atoms with Crippen LogP contribution in [-0.2, 0) is 4.74 Å². The minimum atomic E-state index is -0.544. The molecule has 0 fully saturated rings. The Morgan fingerprint density at radius 1 is 1.14 bits per heavy atom. The lowest BCUT2D eigenvalue weighted by molar-refractivity contribution is 0.0581. The van der Waals surface area contributed by atoms with Gasteiger partial charge in [0.25, 0.3) is 0 Å². The topological polar surface area (TPSA) is 59.0 Å². The Hall–Kier alpha value is -1.75.